The molecule has 0 unspecified atom stereocenters. The van der Waals surface area contributed by atoms with Crippen LogP contribution < -0.4 is 4.74 Å². The van der Waals surface area contributed by atoms with Gasteiger partial charge in [-0.3, -0.25) is 0 Å². The van der Waals surface area contributed by atoms with E-state index in [0.29, 0.717) is 16.7 Å². The minimum atomic E-state index is -0.942. The fourth-order valence-corrected chi connectivity index (χ4v) is 2.10. The predicted octanol–water partition coefficient (Wildman–Crippen LogP) is 5.53. The Balaban J connectivity index is 2.24. The molecule has 2 rings (SSSR count). The van der Waals surface area contributed by atoms with Gasteiger partial charge in [0.1, 0.15) is 11.5 Å². The molecule has 1 nitrogen and oxygen atoms in total. The summed E-state index contributed by atoms with van der Waals surface area (Å²) in [6, 6.07) is 8.67. The van der Waals surface area contributed by atoms with Crippen molar-refractivity contribution in [1.29, 1.82) is 0 Å². The van der Waals surface area contributed by atoms with Crippen LogP contribution in [0.1, 0.15) is 25.3 Å². The fraction of sp³-hybridized carbons (Fsp3) is 0.200. The molecule has 0 bridgehead atoms. The summed E-state index contributed by atoms with van der Waals surface area (Å²) in [4.78, 5) is 0. The normalized spacial score (nSPS) is 10.8. The van der Waals surface area contributed by atoms with Crippen LogP contribution in [0.4, 0.5) is 8.78 Å². The lowest BCUT2D eigenvalue weighted by Crippen LogP contribution is -1.91. The van der Waals surface area contributed by atoms with Gasteiger partial charge in [0, 0.05) is 11.1 Å². The summed E-state index contributed by atoms with van der Waals surface area (Å²) in [5.74, 6) is -0.819. The largest absolute Gasteiger partial charge is 0.457 e. The summed E-state index contributed by atoms with van der Waals surface area (Å²) < 4.78 is 31.3. The van der Waals surface area contributed by atoms with Crippen molar-refractivity contribution in [1.82, 2.24) is 0 Å². The van der Waals surface area contributed by atoms with Crippen LogP contribution in [0.25, 0.3) is 0 Å². The highest BCUT2D eigenvalue weighted by molar-refractivity contribution is 6.31. The molecular formula is C15H13ClF2O. The number of benzene rings is 2. The van der Waals surface area contributed by atoms with Crippen molar-refractivity contribution in [3.63, 3.8) is 0 Å². The van der Waals surface area contributed by atoms with Gasteiger partial charge in [-0.05, 0) is 35.7 Å². The van der Waals surface area contributed by atoms with E-state index < -0.39 is 11.6 Å². The second-order valence-corrected chi connectivity index (χ2v) is 4.92. The van der Waals surface area contributed by atoms with E-state index in [4.69, 9.17) is 16.3 Å². The molecule has 2 aromatic rings. The van der Waals surface area contributed by atoms with Gasteiger partial charge in [-0.15, -0.1) is 0 Å². The van der Waals surface area contributed by atoms with Crippen molar-refractivity contribution in [3.05, 3.63) is 58.6 Å². The predicted molar refractivity (Wildman–Crippen MR) is 72.0 cm³/mol. The molecule has 0 aliphatic heterocycles. The Morgan fingerprint density at radius 1 is 0.947 bits per heavy atom. The number of hydrogen-bond acceptors (Lipinski definition) is 1. The van der Waals surface area contributed by atoms with Crippen LogP contribution in [-0.4, -0.2) is 0 Å². The number of halogens is 3. The highest BCUT2D eigenvalue weighted by atomic mass is 35.5. The Morgan fingerprint density at radius 3 is 2.16 bits per heavy atom. The molecule has 0 saturated carbocycles. The highest BCUT2D eigenvalue weighted by Crippen LogP contribution is 2.30. The van der Waals surface area contributed by atoms with E-state index in [1.165, 1.54) is 6.07 Å². The van der Waals surface area contributed by atoms with Crippen molar-refractivity contribution in [2.45, 2.75) is 19.8 Å². The first-order chi connectivity index (χ1) is 8.97. The molecule has 2 aromatic carbocycles. The van der Waals surface area contributed by atoms with E-state index in [2.05, 4.69) is 0 Å². The fourth-order valence-electron chi connectivity index (χ4n) is 1.72. The van der Waals surface area contributed by atoms with Crippen LogP contribution in [-0.2, 0) is 0 Å². The molecule has 0 saturated heterocycles. The first-order valence-corrected chi connectivity index (χ1v) is 6.27. The Bertz CT molecular complexity index is 597. The maximum atomic E-state index is 13.1. The highest BCUT2D eigenvalue weighted by Gasteiger charge is 2.08. The van der Waals surface area contributed by atoms with E-state index in [1.54, 1.807) is 12.1 Å². The zero-order valence-electron chi connectivity index (χ0n) is 10.6. The Hall–Kier alpha value is -1.61. The van der Waals surface area contributed by atoms with E-state index in [0.717, 1.165) is 17.7 Å². The Kier molecular flexibility index (Phi) is 4.05. The SMILES string of the molecule is CC(C)c1ccc(Oc2ccc(F)c(F)c2)cc1Cl. The molecule has 0 aromatic heterocycles. The smallest absolute Gasteiger partial charge is 0.162 e. The van der Waals surface area contributed by atoms with Crippen molar-refractivity contribution < 1.29 is 13.5 Å². The van der Waals surface area contributed by atoms with Gasteiger partial charge < -0.3 is 4.74 Å². The molecule has 0 aliphatic carbocycles. The Morgan fingerprint density at radius 2 is 1.58 bits per heavy atom. The Labute approximate surface area is 115 Å². The van der Waals surface area contributed by atoms with Gasteiger partial charge in [-0.1, -0.05) is 31.5 Å². The molecule has 0 radical (unpaired) electrons. The molecule has 0 aliphatic rings. The third-order valence-corrected chi connectivity index (χ3v) is 3.05. The van der Waals surface area contributed by atoms with Crippen LogP contribution in [0.5, 0.6) is 11.5 Å². The van der Waals surface area contributed by atoms with E-state index >= 15 is 0 Å². The van der Waals surface area contributed by atoms with Crippen molar-refractivity contribution >= 4 is 11.6 Å². The van der Waals surface area contributed by atoms with Gasteiger partial charge in [-0.25, -0.2) is 8.78 Å². The summed E-state index contributed by atoms with van der Waals surface area (Å²) >= 11 is 6.13. The molecule has 4 heteroatoms. The minimum Gasteiger partial charge on any atom is -0.457 e. The number of hydrogen-bond donors (Lipinski definition) is 0. The van der Waals surface area contributed by atoms with Crippen molar-refractivity contribution in [2.24, 2.45) is 0 Å². The molecule has 0 heterocycles. The van der Waals surface area contributed by atoms with Crippen LogP contribution in [0.15, 0.2) is 36.4 Å². The van der Waals surface area contributed by atoms with Gasteiger partial charge in [0.05, 0.1) is 0 Å². The second-order valence-electron chi connectivity index (χ2n) is 4.52. The second kappa shape index (κ2) is 5.57. The summed E-state index contributed by atoms with van der Waals surface area (Å²) in [7, 11) is 0. The van der Waals surface area contributed by atoms with Gasteiger partial charge in [-0.2, -0.15) is 0 Å². The molecule has 0 spiro atoms. The maximum absolute atomic E-state index is 13.1. The molecular weight excluding hydrogens is 270 g/mol. The van der Waals surface area contributed by atoms with Gasteiger partial charge >= 0.3 is 0 Å². The van der Waals surface area contributed by atoms with Crippen LogP contribution in [0, 0.1) is 11.6 Å². The lowest BCUT2D eigenvalue weighted by atomic mass is 10.0. The number of ether oxygens (including phenoxy) is 1. The monoisotopic (exact) mass is 282 g/mol. The molecule has 0 fully saturated rings. The third-order valence-electron chi connectivity index (χ3n) is 2.72. The van der Waals surface area contributed by atoms with Crippen LogP contribution in [0.3, 0.4) is 0 Å². The summed E-state index contributed by atoms with van der Waals surface area (Å²) in [5, 5.41) is 0.593. The van der Waals surface area contributed by atoms with E-state index in [9.17, 15) is 8.78 Å². The number of rotatable bonds is 3. The van der Waals surface area contributed by atoms with Crippen LogP contribution >= 0.6 is 11.6 Å². The standard InChI is InChI=1S/C15H13ClF2O/c1-9(2)12-5-3-10(7-13(12)16)19-11-4-6-14(17)15(18)8-11/h3-9H,1-2H3. The maximum Gasteiger partial charge on any atom is 0.162 e. The average molecular weight is 283 g/mol. The summed E-state index contributed by atoms with van der Waals surface area (Å²) in [6.45, 7) is 4.08. The summed E-state index contributed by atoms with van der Waals surface area (Å²) in [5.41, 5.74) is 1.01. The van der Waals surface area contributed by atoms with E-state index in [-0.39, 0.29) is 5.75 Å². The third kappa shape index (κ3) is 3.24. The van der Waals surface area contributed by atoms with Gasteiger partial charge in [0.15, 0.2) is 11.6 Å². The zero-order valence-corrected chi connectivity index (χ0v) is 11.3. The summed E-state index contributed by atoms with van der Waals surface area (Å²) in [6.07, 6.45) is 0. The molecule has 0 amide bonds. The lowest BCUT2D eigenvalue weighted by molar-refractivity contribution is 0.461. The first-order valence-electron chi connectivity index (χ1n) is 5.89. The van der Waals surface area contributed by atoms with Crippen LogP contribution in [0.2, 0.25) is 5.02 Å². The lowest BCUT2D eigenvalue weighted by Gasteiger charge is -2.11. The van der Waals surface area contributed by atoms with Gasteiger partial charge in [0.2, 0.25) is 0 Å². The molecule has 0 N–H and O–H groups in total. The molecule has 100 valence electrons. The molecule has 19 heavy (non-hydrogen) atoms. The quantitative estimate of drug-likeness (QED) is 0.719. The average Bonchev–Trinajstić information content (AvgIpc) is 2.33. The topological polar surface area (TPSA) is 9.23 Å². The zero-order chi connectivity index (χ0) is 14.0. The van der Waals surface area contributed by atoms with Gasteiger partial charge in [0.25, 0.3) is 0 Å². The molecule has 0 atom stereocenters. The minimum absolute atomic E-state index is 0.229. The first kappa shape index (κ1) is 13.8. The van der Waals surface area contributed by atoms with Crippen molar-refractivity contribution in [3.8, 4) is 11.5 Å². The van der Waals surface area contributed by atoms with E-state index in [1.807, 2.05) is 19.9 Å². The van der Waals surface area contributed by atoms with Crippen molar-refractivity contribution in [2.75, 3.05) is 0 Å².